The first-order valence-corrected chi connectivity index (χ1v) is 9.95. The van der Waals surface area contributed by atoms with Gasteiger partial charge in [-0.15, -0.1) is 5.10 Å². The third kappa shape index (κ3) is 4.79. The minimum Gasteiger partial charge on any atom is -0.463 e. The minimum absolute atomic E-state index is 0.101. The molecule has 0 fully saturated rings. The molecule has 2 aromatic carbocycles. The Kier molecular flexibility index (Phi) is 5.75. The van der Waals surface area contributed by atoms with Gasteiger partial charge < -0.3 is 9.15 Å². The van der Waals surface area contributed by atoms with E-state index >= 15 is 0 Å². The van der Waals surface area contributed by atoms with Crippen LogP contribution in [-0.4, -0.2) is 33.4 Å². The molecule has 7 nitrogen and oxygen atoms in total. The fourth-order valence-electron chi connectivity index (χ4n) is 3.21. The second-order valence-corrected chi connectivity index (χ2v) is 7.53. The highest BCUT2D eigenvalue weighted by molar-refractivity contribution is 6.04. The molecule has 4 aromatic rings. The van der Waals surface area contributed by atoms with E-state index in [1.807, 2.05) is 6.92 Å². The molecule has 10 heteroatoms. The number of benzene rings is 2. The van der Waals surface area contributed by atoms with Crippen LogP contribution < -0.4 is 10.1 Å². The number of ether oxygens (including phenoxy) is 1. The third-order valence-corrected chi connectivity index (χ3v) is 5.03. The maximum absolute atomic E-state index is 12.9. The maximum atomic E-state index is 12.9. The topological polar surface area (TPSA) is 90.1 Å². The van der Waals surface area contributed by atoms with Gasteiger partial charge >= 0.3 is 12.2 Å². The standard InChI is InChI=1S/C23H19F3N4O3/c1-12-4-5-16(20(31)29-22-28-13(2)11-32-22)9-19(12)15-6-7-18-17(8-15)10-27-30-21(18)33-14(3)23(24,25)26/h4-11,14H,1-3H3,(H,28,29,31). The zero-order valence-corrected chi connectivity index (χ0v) is 17.9. The second kappa shape index (κ2) is 8.53. The Morgan fingerprint density at radius 2 is 1.94 bits per heavy atom. The molecule has 1 atom stereocenters. The number of carbonyl (C=O) groups is 1. The van der Waals surface area contributed by atoms with Crippen LogP contribution in [-0.2, 0) is 0 Å². The molecule has 4 rings (SSSR count). The van der Waals surface area contributed by atoms with Gasteiger partial charge in [-0.05, 0) is 61.7 Å². The van der Waals surface area contributed by atoms with Crippen molar-refractivity contribution in [2.75, 3.05) is 5.32 Å². The van der Waals surface area contributed by atoms with Crippen molar-refractivity contribution in [2.45, 2.75) is 33.1 Å². The molecule has 33 heavy (non-hydrogen) atoms. The van der Waals surface area contributed by atoms with E-state index < -0.39 is 12.3 Å². The lowest BCUT2D eigenvalue weighted by atomic mass is 9.96. The average molecular weight is 456 g/mol. The molecule has 0 radical (unpaired) electrons. The smallest absolute Gasteiger partial charge is 0.425 e. The van der Waals surface area contributed by atoms with Crippen molar-refractivity contribution in [1.29, 1.82) is 0 Å². The van der Waals surface area contributed by atoms with Crippen LogP contribution in [0.15, 0.2) is 53.3 Å². The first kappa shape index (κ1) is 22.3. The van der Waals surface area contributed by atoms with E-state index in [9.17, 15) is 18.0 Å². The van der Waals surface area contributed by atoms with Crippen LogP contribution in [0.25, 0.3) is 21.9 Å². The maximum Gasteiger partial charge on any atom is 0.425 e. The predicted molar refractivity (Wildman–Crippen MR) is 115 cm³/mol. The summed E-state index contributed by atoms with van der Waals surface area (Å²) < 4.78 is 48.8. The van der Waals surface area contributed by atoms with Crippen molar-refractivity contribution < 1.29 is 27.1 Å². The molecular formula is C23H19F3N4O3. The van der Waals surface area contributed by atoms with E-state index in [2.05, 4.69) is 20.5 Å². The summed E-state index contributed by atoms with van der Waals surface area (Å²) in [6.07, 6.45) is -3.67. The fourth-order valence-corrected chi connectivity index (χ4v) is 3.21. The Bertz CT molecular complexity index is 1330. The molecule has 0 saturated carbocycles. The van der Waals surface area contributed by atoms with Crippen LogP contribution in [0.2, 0.25) is 0 Å². The van der Waals surface area contributed by atoms with Gasteiger partial charge in [-0.2, -0.15) is 23.3 Å². The first-order valence-electron chi connectivity index (χ1n) is 9.95. The van der Waals surface area contributed by atoms with Gasteiger partial charge in [-0.25, -0.2) is 0 Å². The Balaban J connectivity index is 1.66. The largest absolute Gasteiger partial charge is 0.463 e. The predicted octanol–water partition coefficient (Wildman–Crippen LogP) is 5.48. The van der Waals surface area contributed by atoms with E-state index in [1.165, 1.54) is 12.5 Å². The number of rotatable bonds is 5. The van der Waals surface area contributed by atoms with Gasteiger partial charge in [0.25, 0.3) is 5.91 Å². The van der Waals surface area contributed by atoms with Crippen molar-refractivity contribution >= 4 is 22.7 Å². The van der Waals surface area contributed by atoms with Crippen molar-refractivity contribution in [3.63, 3.8) is 0 Å². The minimum atomic E-state index is -4.52. The van der Waals surface area contributed by atoms with Gasteiger partial charge in [0, 0.05) is 16.3 Å². The van der Waals surface area contributed by atoms with Crippen LogP contribution in [0, 0.1) is 13.8 Å². The van der Waals surface area contributed by atoms with Crippen LogP contribution >= 0.6 is 0 Å². The number of alkyl halides is 3. The van der Waals surface area contributed by atoms with Gasteiger partial charge in [0.05, 0.1) is 11.9 Å². The summed E-state index contributed by atoms with van der Waals surface area (Å²) in [5, 5.41) is 11.0. The molecule has 0 aliphatic heterocycles. The summed E-state index contributed by atoms with van der Waals surface area (Å²) in [4.78, 5) is 16.7. The molecule has 1 unspecified atom stereocenters. The summed E-state index contributed by atoms with van der Waals surface area (Å²) in [6, 6.07) is 10.4. The van der Waals surface area contributed by atoms with E-state index in [0.717, 1.165) is 23.6 Å². The molecule has 0 saturated heterocycles. The van der Waals surface area contributed by atoms with E-state index in [4.69, 9.17) is 9.15 Å². The van der Waals surface area contributed by atoms with Crippen molar-refractivity contribution in [3.8, 4) is 17.0 Å². The van der Waals surface area contributed by atoms with Gasteiger partial charge in [0.2, 0.25) is 5.88 Å². The first-order chi connectivity index (χ1) is 15.6. The van der Waals surface area contributed by atoms with Crippen LogP contribution in [0.4, 0.5) is 19.2 Å². The summed E-state index contributed by atoms with van der Waals surface area (Å²) >= 11 is 0. The summed E-state index contributed by atoms with van der Waals surface area (Å²) in [7, 11) is 0. The highest BCUT2D eigenvalue weighted by atomic mass is 19.4. The van der Waals surface area contributed by atoms with E-state index in [1.54, 1.807) is 43.3 Å². The van der Waals surface area contributed by atoms with E-state index in [-0.39, 0.29) is 17.8 Å². The number of aryl methyl sites for hydroxylation is 2. The SMILES string of the molecule is Cc1coc(NC(=O)c2ccc(C)c(-c3ccc4c(OC(C)C(F)(F)F)nncc4c3)c2)n1. The Morgan fingerprint density at radius 1 is 1.15 bits per heavy atom. The quantitative estimate of drug-likeness (QED) is 0.428. The Hall–Kier alpha value is -3.95. The zero-order valence-electron chi connectivity index (χ0n) is 17.9. The molecule has 0 aliphatic rings. The molecule has 170 valence electrons. The Morgan fingerprint density at radius 3 is 2.64 bits per heavy atom. The number of amides is 1. The number of nitrogens with one attached hydrogen (secondary N) is 1. The van der Waals surface area contributed by atoms with E-state index in [0.29, 0.717) is 22.0 Å². The molecule has 2 aromatic heterocycles. The number of oxazole rings is 1. The Labute approximate surface area is 186 Å². The number of hydrogen-bond acceptors (Lipinski definition) is 6. The van der Waals surface area contributed by atoms with Gasteiger partial charge in [0.15, 0.2) is 6.10 Å². The van der Waals surface area contributed by atoms with Gasteiger partial charge in [-0.1, -0.05) is 12.1 Å². The number of nitrogens with zero attached hydrogens (tertiary/aromatic N) is 3. The third-order valence-electron chi connectivity index (χ3n) is 5.03. The highest BCUT2D eigenvalue weighted by Gasteiger charge is 2.38. The molecule has 0 spiro atoms. The molecule has 2 heterocycles. The number of fused-ring (bicyclic) bond motifs is 1. The lowest BCUT2D eigenvalue weighted by Gasteiger charge is -2.17. The summed E-state index contributed by atoms with van der Waals surface area (Å²) in [5.41, 5.74) is 3.46. The highest BCUT2D eigenvalue weighted by Crippen LogP contribution is 2.32. The molecule has 1 amide bonds. The molecular weight excluding hydrogens is 437 g/mol. The van der Waals surface area contributed by atoms with Crippen LogP contribution in [0.1, 0.15) is 28.5 Å². The molecule has 0 bridgehead atoms. The van der Waals surface area contributed by atoms with Crippen LogP contribution in [0.3, 0.4) is 0 Å². The van der Waals surface area contributed by atoms with Crippen LogP contribution in [0.5, 0.6) is 5.88 Å². The van der Waals surface area contributed by atoms with Crippen molar-refractivity contribution in [3.05, 3.63) is 65.7 Å². The van der Waals surface area contributed by atoms with Gasteiger partial charge in [0.1, 0.15) is 6.26 Å². The number of halogens is 3. The lowest BCUT2D eigenvalue weighted by molar-refractivity contribution is -0.189. The monoisotopic (exact) mass is 456 g/mol. The summed E-state index contributed by atoms with van der Waals surface area (Å²) in [6.45, 7) is 4.55. The fraction of sp³-hybridized carbons (Fsp3) is 0.217. The van der Waals surface area contributed by atoms with Gasteiger partial charge in [-0.3, -0.25) is 10.1 Å². The van der Waals surface area contributed by atoms with Crippen molar-refractivity contribution in [1.82, 2.24) is 15.2 Å². The second-order valence-electron chi connectivity index (χ2n) is 7.53. The number of carbonyl (C=O) groups excluding carboxylic acids is 1. The number of anilines is 1. The molecule has 1 N–H and O–H groups in total. The zero-order chi connectivity index (χ0) is 23.8. The normalized spacial score (nSPS) is 12.5. The molecule has 0 aliphatic carbocycles. The summed E-state index contributed by atoms with van der Waals surface area (Å²) in [5.74, 6) is -0.587. The van der Waals surface area contributed by atoms with Crippen molar-refractivity contribution in [2.24, 2.45) is 0 Å². The lowest BCUT2D eigenvalue weighted by Crippen LogP contribution is -2.31. The number of aromatic nitrogens is 3. The number of hydrogen-bond donors (Lipinski definition) is 1. The average Bonchev–Trinajstić information content (AvgIpc) is 3.17.